The summed E-state index contributed by atoms with van der Waals surface area (Å²) in [5.74, 6) is 0.502. The standard InChI is InChI=1S/C14H13BrN4/c1-8-3-5-9(6-4-8)10-11-13(16)17-7-18-14(11)19(2)12(10)15/h3-7H,1-2H3,(H2,16,17,18). The van der Waals surface area contributed by atoms with Crippen LogP contribution < -0.4 is 5.73 Å². The number of aromatic nitrogens is 3. The summed E-state index contributed by atoms with van der Waals surface area (Å²) < 4.78 is 2.93. The molecule has 0 aliphatic rings. The summed E-state index contributed by atoms with van der Waals surface area (Å²) in [6.07, 6.45) is 1.49. The number of nitrogens with two attached hydrogens (primary N) is 1. The summed E-state index contributed by atoms with van der Waals surface area (Å²) in [4.78, 5) is 8.41. The van der Waals surface area contributed by atoms with Crippen molar-refractivity contribution >= 4 is 32.8 Å². The Labute approximate surface area is 119 Å². The van der Waals surface area contributed by atoms with Crippen LogP contribution in [0.15, 0.2) is 35.2 Å². The molecule has 0 fully saturated rings. The van der Waals surface area contributed by atoms with Crippen molar-refractivity contribution in [2.45, 2.75) is 6.92 Å². The fourth-order valence-electron chi connectivity index (χ4n) is 2.23. The van der Waals surface area contributed by atoms with Gasteiger partial charge in [-0.3, -0.25) is 0 Å². The molecule has 0 aliphatic heterocycles. The predicted molar refractivity (Wildman–Crippen MR) is 80.8 cm³/mol. The maximum absolute atomic E-state index is 6.02. The molecule has 2 heterocycles. The van der Waals surface area contributed by atoms with Crippen LogP contribution >= 0.6 is 15.9 Å². The first-order valence-corrected chi connectivity index (χ1v) is 6.70. The van der Waals surface area contributed by atoms with Crippen molar-refractivity contribution in [3.63, 3.8) is 0 Å². The average Bonchev–Trinajstić information content (AvgIpc) is 2.66. The van der Waals surface area contributed by atoms with Gasteiger partial charge in [-0.1, -0.05) is 29.8 Å². The summed E-state index contributed by atoms with van der Waals surface area (Å²) in [5, 5.41) is 0.890. The van der Waals surface area contributed by atoms with Crippen LogP contribution in [0.25, 0.3) is 22.2 Å². The molecule has 2 N–H and O–H groups in total. The first-order valence-electron chi connectivity index (χ1n) is 5.91. The maximum atomic E-state index is 6.02. The average molecular weight is 317 g/mol. The third-order valence-corrected chi connectivity index (χ3v) is 4.19. The van der Waals surface area contributed by atoms with E-state index in [4.69, 9.17) is 5.73 Å². The lowest BCUT2D eigenvalue weighted by Gasteiger charge is -2.03. The van der Waals surface area contributed by atoms with E-state index in [0.717, 1.165) is 26.8 Å². The number of halogens is 1. The summed E-state index contributed by atoms with van der Waals surface area (Å²) in [7, 11) is 1.95. The van der Waals surface area contributed by atoms with Crippen LogP contribution in [0, 0.1) is 6.92 Å². The number of nitrogens with zero attached hydrogens (tertiary/aromatic N) is 3. The lowest BCUT2D eigenvalue weighted by atomic mass is 10.0. The van der Waals surface area contributed by atoms with E-state index in [-0.39, 0.29) is 0 Å². The van der Waals surface area contributed by atoms with E-state index >= 15 is 0 Å². The quantitative estimate of drug-likeness (QED) is 0.749. The number of rotatable bonds is 1. The second-order valence-electron chi connectivity index (χ2n) is 4.55. The molecular weight excluding hydrogens is 304 g/mol. The molecule has 0 bridgehead atoms. The third-order valence-electron chi connectivity index (χ3n) is 3.27. The molecule has 0 atom stereocenters. The van der Waals surface area contributed by atoms with E-state index in [0.29, 0.717) is 5.82 Å². The zero-order chi connectivity index (χ0) is 13.6. The highest BCUT2D eigenvalue weighted by Gasteiger charge is 2.18. The number of aryl methyl sites for hydroxylation is 2. The van der Waals surface area contributed by atoms with Crippen molar-refractivity contribution in [2.75, 3.05) is 5.73 Å². The number of nitrogen functional groups attached to an aromatic ring is 1. The van der Waals surface area contributed by atoms with E-state index in [1.165, 1.54) is 11.9 Å². The molecule has 0 amide bonds. The summed E-state index contributed by atoms with van der Waals surface area (Å²) in [6, 6.07) is 8.34. The van der Waals surface area contributed by atoms with Gasteiger partial charge >= 0.3 is 0 Å². The van der Waals surface area contributed by atoms with E-state index in [9.17, 15) is 0 Å². The zero-order valence-electron chi connectivity index (χ0n) is 10.7. The van der Waals surface area contributed by atoms with Gasteiger partial charge in [-0.2, -0.15) is 0 Å². The molecule has 0 spiro atoms. The Hall–Kier alpha value is -1.88. The number of hydrogen-bond acceptors (Lipinski definition) is 3. The Morgan fingerprint density at radius 2 is 1.84 bits per heavy atom. The molecule has 0 saturated heterocycles. The molecule has 19 heavy (non-hydrogen) atoms. The van der Waals surface area contributed by atoms with Gasteiger partial charge in [0.1, 0.15) is 17.8 Å². The lowest BCUT2D eigenvalue weighted by molar-refractivity contribution is 0.920. The predicted octanol–water partition coefficient (Wildman–Crippen LogP) is 3.29. The first-order chi connectivity index (χ1) is 9.09. The van der Waals surface area contributed by atoms with Crippen molar-refractivity contribution in [3.8, 4) is 11.1 Å². The molecule has 0 aliphatic carbocycles. The first kappa shape index (κ1) is 12.2. The molecule has 2 aromatic heterocycles. The Morgan fingerprint density at radius 1 is 1.16 bits per heavy atom. The van der Waals surface area contributed by atoms with Gasteiger partial charge in [-0.25, -0.2) is 9.97 Å². The van der Waals surface area contributed by atoms with Gasteiger partial charge in [0.15, 0.2) is 0 Å². The fraction of sp³-hybridized carbons (Fsp3) is 0.143. The van der Waals surface area contributed by atoms with E-state index < -0.39 is 0 Å². The number of benzene rings is 1. The largest absolute Gasteiger partial charge is 0.383 e. The van der Waals surface area contributed by atoms with Crippen molar-refractivity contribution in [2.24, 2.45) is 7.05 Å². The number of anilines is 1. The van der Waals surface area contributed by atoms with E-state index in [1.807, 2.05) is 11.6 Å². The molecule has 1 aromatic carbocycles. The van der Waals surface area contributed by atoms with Crippen LogP contribution in [0.4, 0.5) is 5.82 Å². The molecule has 3 rings (SSSR count). The second kappa shape index (κ2) is 4.35. The summed E-state index contributed by atoms with van der Waals surface area (Å²) in [5.41, 5.74) is 10.2. The highest BCUT2D eigenvalue weighted by molar-refractivity contribution is 9.10. The van der Waals surface area contributed by atoms with Crippen LogP contribution in [0.5, 0.6) is 0 Å². The molecule has 0 saturated carbocycles. The van der Waals surface area contributed by atoms with Crippen molar-refractivity contribution in [1.29, 1.82) is 0 Å². The SMILES string of the molecule is Cc1ccc(-c2c(Br)n(C)c3ncnc(N)c23)cc1. The molecular formula is C14H13BrN4. The van der Waals surface area contributed by atoms with Crippen LogP contribution in [0.3, 0.4) is 0 Å². The third kappa shape index (κ3) is 1.81. The van der Waals surface area contributed by atoms with Gasteiger partial charge in [-0.05, 0) is 28.4 Å². The normalized spacial score (nSPS) is 11.1. The van der Waals surface area contributed by atoms with E-state index in [2.05, 4.69) is 57.1 Å². The van der Waals surface area contributed by atoms with Crippen LogP contribution in [0.2, 0.25) is 0 Å². The van der Waals surface area contributed by atoms with Crippen LogP contribution in [-0.2, 0) is 7.05 Å². The molecule has 0 radical (unpaired) electrons. The fourth-order valence-corrected chi connectivity index (χ4v) is 2.83. The Kier molecular flexibility index (Phi) is 2.78. The molecule has 96 valence electrons. The van der Waals surface area contributed by atoms with Crippen molar-refractivity contribution in [3.05, 3.63) is 40.8 Å². The molecule has 3 aromatic rings. The highest BCUT2D eigenvalue weighted by atomic mass is 79.9. The van der Waals surface area contributed by atoms with Gasteiger partial charge in [0.05, 0.1) is 9.99 Å². The Bertz CT molecular complexity index is 759. The monoisotopic (exact) mass is 316 g/mol. The summed E-state index contributed by atoms with van der Waals surface area (Å²) in [6.45, 7) is 2.07. The van der Waals surface area contributed by atoms with Gasteiger partial charge in [-0.15, -0.1) is 0 Å². The van der Waals surface area contributed by atoms with Gasteiger partial charge in [0.25, 0.3) is 0 Å². The zero-order valence-corrected chi connectivity index (χ0v) is 12.3. The van der Waals surface area contributed by atoms with Crippen LogP contribution in [0.1, 0.15) is 5.56 Å². The number of fused-ring (bicyclic) bond motifs is 1. The van der Waals surface area contributed by atoms with E-state index in [1.54, 1.807) is 0 Å². The van der Waals surface area contributed by atoms with Gasteiger partial charge < -0.3 is 10.3 Å². The van der Waals surface area contributed by atoms with Crippen LogP contribution in [-0.4, -0.2) is 14.5 Å². The number of hydrogen-bond donors (Lipinski definition) is 1. The lowest BCUT2D eigenvalue weighted by Crippen LogP contribution is -1.94. The van der Waals surface area contributed by atoms with Gasteiger partial charge in [0.2, 0.25) is 0 Å². The Morgan fingerprint density at radius 3 is 2.53 bits per heavy atom. The van der Waals surface area contributed by atoms with Crippen molar-refractivity contribution in [1.82, 2.24) is 14.5 Å². The topological polar surface area (TPSA) is 56.7 Å². The Balaban J connectivity index is 2.40. The molecule has 0 unspecified atom stereocenters. The van der Waals surface area contributed by atoms with Crippen molar-refractivity contribution < 1.29 is 0 Å². The van der Waals surface area contributed by atoms with Gasteiger partial charge in [0, 0.05) is 12.6 Å². The maximum Gasteiger partial charge on any atom is 0.146 e. The summed E-state index contributed by atoms with van der Waals surface area (Å²) >= 11 is 3.62. The smallest absolute Gasteiger partial charge is 0.146 e. The second-order valence-corrected chi connectivity index (χ2v) is 5.30. The molecule has 5 heteroatoms. The minimum Gasteiger partial charge on any atom is -0.383 e. The highest BCUT2D eigenvalue weighted by Crippen LogP contribution is 2.38. The molecule has 4 nitrogen and oxygen atoms in total. The minimum atomic E-state index is 0.502. The minimum absolute atomic E-state index is 0.502.